The summed E-state index contributed by atoms with van der Waals surface area (Å²) in [4.78, 5) is 16.7. The summed E-state index contributed by atoms with van der Waals surface area (Å²) in [7, 11) is 1.60. The van der Waals surface area contributed by atoms with Crippen molar-refractivity contribution in [3.63, 3.8) is 0 Å². The van der Waals surface area contributed by atoms with E-state index in [1.807, 2.05) is 42.5 Å². The Morgan fingerprint density at radius 2 is 1.92 bits per heavy atom. The number of aromatic nitrogens is 1. The van der Waals surface area contributed by atoms with E-state index in [4.69, 9.17) is 20.8 Å². The highest BCUT2D eigenvalue weighted by atomic mass is 35.5. The predicted molar refractivity (Wildman–Crippen MR) is 95.9 cm³/mol. The fourth-order valence-electron chi connectivity index (χ4n) is 2.37. The molecule has 25 heavy (non-hydrogen) atoms. The van der Waals surface area contributed by atoms with Gasteiger partial charge < -0.3 is 14.5 Å². The molecule has 0 atom stereocenters. The van der Waals surface area contributed by atoms with E-state index < -0.39 is 0 Å². The van der Waals surface area contributed by atoms with E-state index in [-0.39, 0.29) is 11.6 Å². The zero-order valence-electron chi connectivity index (χ0n) is 13.9. The van der Waals surface area contributed by atoms with Crippen LogP contribution < -0.4 is 10.1 Å². The molecular formula is C19H17ClN2O3. The number of ether oxygens (including phenoxy) is 1. The molecule has 0 fully saturated rings. The third-order valence-corrected chi connectivity index (χ3v) is 4.11. The lowest BCUT2D eigenvalue weighted by molar-refractivity contribution is 0.0945. The number of rotatable bonds is 5. The summed E-state index contributed by atoms with van der Waals surface area (Å²) in [6.45, 7) is 2.03. The van der Waals surface area contributed by atoms with Crippen molar-refractivity contribution in [1.82, 2.24) is 10.3 Å². The number of halogens is 1. The van der Waals surface area contributed by atoms with Gasteiger partial charge in [0.1, 0.15) is 11.5 Å². The minimum absolute atomic E-state index is 0.262. The van der Waals surface area contributed by atoms with E-state index in [0.717, 1.165) is 16.9 Å². The van der Waals surface area contributed by atoms with Crippen LogP contribution in [-0.4, -0.2) is 18.0 Å². The van der Waals surface area contributed by atoms with Crippen molar-refractivity contribution < 1.29 is 13.9 Å². The summed E-state index contributed by atoms with van der Waals surface area (Å²) in [5, 5.41) is 3.42. The zero-order valence-corrected chi connectivity index (χ0v) is 14.6. The molecule has 1 amide bonds. The molecule has 6 heteroatoms. The number of aryl methyl sites for hydroxylation is 1. The third kappa shape index (κ3) is 3.83. The van der Waals surface area contributed by atoms with Gasteiger partial charge in [-0.2, -0.15) is 0 Å². The number of nitrogens with zero attached hydrogens (tertiary/aromatic N) is 1. The van der Waals surface area contributed by atoms with Crippen molar-refractivity contribution in [2.24, 2.45) is 0 Å². The maximum atomic E-state index is 12.4. The molecule has 0 bridgehead atoms. The summed E-state index contributed by atoms with van der Waals surface area (Å²) in [5.41, 5.74) is 1.88. The summed E-state index contributed by atoms with van der Waals surface area (Å²) in [5.74, 6) is 1.29. The number of methoxy groups -OCH3 is 1. The molecule has 0 aliphatic heterocycles. The first-order valence-corrected chi connectivity index (χ1v) is 8.09. The highest BCUT2D eigenvalue weighted by Crippen LogP contribution is 2.24. The van der Waals surface area contributed by atoms with Gasteiger partial charge in [-0.05, 0) is 42.8 Å². The molecule has 0 saturated heterocycles. The Morgan fingerprint density at radius 3 is 2.60 bits per heavy atom. The first kappa shape index (κ1) is 17.0. The molecule has 0 spiro atoms. The lowest BCUT2D eigenvalue weighted by atomic mass is 10.2. The normalized spacial score (nSPS) is 10.5. The van der Waals surface area contributed by atoms with E-state index in [0.29, 0.717) is 23.2 Å². The van der Waals surface area contributed by atoms with Crippen LogP contribution in [0.15, 0.2) is 52.9 Å². The number of oxazole rings is 1. The molecule has 5 nitrogen and oxygen atoms in total. The van der Waals surface area contributed by atoms with Crippen LogP contribution in [-0.2, 0) is 6.54 Å². The third-order valence-electron chi connectivity index (χ3n) is 3.75. The molecule has 1 N–H and O–H groups in total. The number of carbonyl (C=O) groups excluding carboxylic acids is 1. The van der Waals surface area contributed by atoms with Gasteiger partial charge in [0.15, 0.2) is 5.69 Å². The van der Waals surface area contributed by atoms with Crippen LogP contribution >= 0.6 is 11.6 Å². The molecule has 3 aromatic rings. The highest BCUT2D eigenvalue weighted by molar-refractivity contribution is 6.31. The standard InChI is InChI=1S/C19H17ClN2O3/c1-12-17(18(23)21-11-14-5-3-4-6-16(14)20)22-19(25-12)13-7-9-15(24-2)10-8-13/h3-10H,11H2,1-2H3,(H,21,23). The minimum atomic E-state index is -0.305. The number of hydrogen-bond acceptors (Lipinski definition) is 4. The van der Waals surface area contributed by atoms with E-state index in [9.17, 15) is 4.79 Å². The quantitative estimate of drug-likeness (QED) is 0.742. The van der Waals surface area contributed by atoms with Crippen molar-refractivity contribution in [2.75, 3.05) is 7.11 Å². The number of benzene rings is 2. The smallest absolute Gasteiger partial charge is 0.273 e. The number of nitrogens with one attached hydrogen (secondary N) is 1. The van der Waals surface area contributed by atoms with Crippen molar-refractivity contribution in [1.29, 1.82) is 0 Å². The largest absolute Gasteiger partial charge is 0.497 e. The van der Waals surface area contributed by atoms with Gasteiger partial charge in [-0.1, -0.05) is 29.8 Å². The first-order valence-electron chi connectivity index (χ1n) is 7.72. The van der Waals surface area contributed by atoms with Crippen LogP contribution in [0.2, 0.25) is 5.02 Å². The fourth-order valence-corrected chi connectivity index (χ4v) is 2.57. The van der Waals surface area contributed by atoms with Crippen molar-refractivity contribution in [2.45, 2.75) is 13.5 Å². The van der Waals surface area contributed by atoms with E-state index in [1.54, 1.807) is 20.1 Å². The Balaban J connectivity index is 1.75. The number of carbonyl (C=O) groups is 1. The van der Waals surface area contributed by atoms with Crippen molar-refractivity contribution in [3.8, 4) is 17.2 Å². The van der Waals surface area contributed by atoms with Gasteiger partial charge in [0, 0.05) is 17.1 Å². The first-order chi connectivity index (χ1) is 12.1. The van der Waals surface area contributed by atoms with Crippen LogP contribution in [0.4, 0.5) is 0 Å². The van der Waals surface area contributed by atoms with Gasteiger partial charge in [0.05, 0.1) is 7.11 Å². The monoisotopic (exact) mass is 356 g/mol. The lowest BCUT2D eigenvalue weighted by Gasteiger charge is -2.05. The van der Waals surface area contributed by atoms with Crippen LogP contribution in [0.3, 0.4) is 0 Å². The predicted octanol–water partition coefficient (Wildman–Crippen LogP) is 4.24. The topological polar surface area (TPSA) is 64.4 Å². The van der Waals surface area contributed by atoms with Gasteiger partial charge in [0.25, 0.3) is 5.91 Å². The highest BCUT2D eigenvalue weighted by Gasteiger charge is 2.18. The van der Waals surface area contributed by atoms with E-state index in [2.05, 4.69) is 10.3 Å². The van der Waals surface area contributed by atoms with Crippen LogP contribution in [0.5, 0.6) is 5.75 Å². The summed E-state index contributed by atoms with van der Waals surface area (Å²) >= 11 is 6.10. The Morgan fingerprint density at radius 1 is 1.20 bits per heavy atom. The van der Waals surface area contributed by atoms with Crippen LogP contribution in [0.1, 0.15) is 21.8 Å². The molecule has 0 aliphatic rings. The molecule has 0 radical (unpaired) electrons. The molecular weight excluding hydrogens is 340 g/mol. The summed E-state index contributed by atoms with van der Waals surface area (Å²) in [6.07, 6.45) is 0. The summed E-state index contributed by atoms with van der Waals surface area (Å²) < 4.78 is 10.8. The van der Waals surface area contributed by atoms with Gasteiger partial charge >= 0.3 is 0 Å². The second-order valence-corrected chi connectivity index (χ2v) is 5.83. The van der Waals surface area contributed by atoms with Crippen LogP contribution in [0.25, 0.3) is 11.5 Å². The average Bonchev–Trinajstić information content (AvgIpc) is 3.03. The maximum absolute atomic E-state index is 12.4. The van der Waals surface area contributed by atoms with Crippen molar-refractivity contribution in [3.05, 3.63) is 70.6 Å². The van der Waals surface area contributed by atoms with Gasteiger partial charge in [-0.25, -0.2) is 4.98 Å². The second-order valence-electron chi connectivity index (χ2n) is 5.43. The lowest BCUT2D eigenvalue weighted by Crippen LogP contribution is -2.24. The SMILES string of the molecule is COc1ccc(-c2nc(C(=O)NCc3ccccc3Cl)c(C)o2)cc1. The minimum Gasteiger partial charge on any atom is -0.497 e. The molecule has 0 aliphatic carbocycles. The molecule has 3 rings (SSSR count). The Hall–Kier alpha value is -2.79. The van der Waals surface area contributed by atoms with Crippen molar-refractivity contribution >= 4 is 17.5 Å². The molecule has 0 unspecified atom stereocenters. The fraction of sp³-hybridized carbons (Fsp3) is 0.158. The Kier molecular flexibility index (Phi) is 5.05. The van der Waals surface area contributed by atoms with Crippen LogP contribution in [0, 0.1) is 6.92 Å². The summed E-state index contributed by atoms with van der Waals surface area (Å²) in [6, 6.07) is 14.6. The van der Waals surface area contributed by atoms with E-state index >= 15 is 0 Å². The maximum Gasteiger partial charge on any atom is 0.273 e. The second kappa shape index (κ2) is 7.40. The van der Waals surface area contributed by atoms with Gasteiger partial charge in [-0.3, -0.25) is 4.79 Å². The number of hydrogen-bond donors (Lipinski definition) is 1. The molecule has 2 aromatic carbocycles. The molecule has 0 saturated carbocycles. The number of amides is 1. The molecule has 128 valence electrons. The van der Waals surface area contributed by atoms with E-state index in [1.165, 1.54) is 0 Å². The Labute approximate surface area is 150 Å². The zero-order chi connectivity index (χ0) is 17.8. The van der Waals surface area contributed by atoms with Gasteiger partial charge in [-0.15, -0.1) is 0 Å². The Bertz CT molecular complexity index is 888. The molecule has 1 heterocycles. The average molecular weight is 357 g/mol. The molecule has 1 aromatic heterocycles. The van der Waals surface area contributed by atoms with Gasteiger partial charge in [0.2, 0.25) is 5.89 Å².